The van der Waals surface area contributed by atoms with Gasteiger partial charge < -0.3 is 0 Å². The first-order chi connectivity index (χ1) is 25.8. The van der Waals surface area contributed by atoms with Crippen LogP contribution in [0.15, 0.2) is 158 Å². The van der Waals surface area contributed by atoms with Gasteiger partial charge in [0.2, 0.25) is 5.95 Å². The Bertz CT molecular complexity index is 2960. The minimum Gasteiger partial charge on any atom is -0.282 e. The average molecular weight is 683 g/mol. The third-order valence-corrected chi connectivity index (χ3v) is 11.7. The van der Waals surface area contributed by atoms with Gasteiger partial charge in [-0.2, -0.15) is 9.97 Å². The zero-order valence-corrected chi connectivity index (χ0v) is 28.9. The molecule has 11 rings (SSSR count). The number of thiophene rings is 1. The zero-order valence-electron chi connectivity index (χ0n) is 28.1. The molecule has 0 unspecified atom stereocenters. The van der Waals surface area contributed by atoms with Crippen molar-refractivity contribution in [2.75, 3.05) is 0 Å². The number of hydrogen-bond donors (Lipinski definition) is 0. The Hall–Kier alpha value is -6.43. The van der Waals surface area contributed by atoms with E-state index in [1.165, 1.54) is 69.8 Å². The maximum Gasteiger partial charge on any atom is 0.238 e. The summed E-state index contributed by atoms with van der Waals surface area (Å²) in [6.45, 7) is 0. The van der Waals surface area contributed by atoms with E-state index in [0.717, 1.165) is 29.5 Å². The molecule has 5 heteroatoms. The van der Waals surface area contributed by atoms with Crippen LogP contribution in [0.4, 0.5) is 0 Å². The zero-order chi connectivity index (χ0) is 34.2. The molecule has 1 aliphatic rings. The van der Waals surface area contributed by atoms with Gasteiger partial charge in [0.25, 0.3) is 0 Å². The van der Waals surface area contributed by atoms with E-state index in [2.05, 4.69) is 126 Å². The van der Waals surface area contributed by atoms with Crippen LogP contribution in [0.25, 0.3) is 92.8 Å². The predicted molar refractivity (Wildman–Crippen MR) is 216 cm³/mol. The van der Waals surface area contributed by atoms with Crippen LogP contribution in [0.2, 0.25) is 0 Å². The fourth-order valence-corrected chi connectivity index (χ4v) is 9.40. The maximum absolute atomic E-state index is 5.20. The summed E-state index contributed by atoms with van der Waals surface area (Å²) in [5.74, 6) is 1.97. The van der Waals surface area contributed by atoms with Gasteiger partial charge in [-0.05, 0) is 70.1 Å². The third-order valence-electron chi connectivity index (χ3n) is 10.6. The van der Waals surface area contributed by atoms with Gasteiger partial charge in [-0.3, -0.25) is 4.57 Å². The van der Waals surface area contributed by atoms with Gasteiger partial charge in [0.1, 0.15) is 0 Å². The fourth-order valence-electron chi connectivity index (χ4n) is 8.24. The van der Waals surface area contributed by atoms with Gasteiger partial charge in [-0.25, -0.2) is 4.98 Å². The van der Waals surface area contributed by atoms with E-state index in [1.54, 1.807) is 0 Å². The second kappa shape index (κ2) is 11.6. The van der Waals surface area contributed by atoms with E-state index in [0.29, 0.717) is 17.6 Å². The predicted octanol–water partition coefficient (Wildman–Crippen LogP) is 12.1. The van der Waals surface area contributed by atoms with Gasteiger partial charge in [-0.1, -0.05) is 133 Å². The molecule has 0 saturated heterocycles. The van der Waals surface area contributed by atoms with Crippen molar-refractivity contribution in [2.45, 2.75) is 12.8 Å². The summed E-state index contributed by atoms with van der Waals surface area (Å²) in [5, 5.41) is 6.44. The first-order valence-electron chi connectivity index (χ1n) is 17.7. The molecular formula is C47H30N4S. The van der Waals surface area contributed by atoms with E-state index in [9.17, 15) is 0 Å². The largest absolute Gasteiger partial charge is 0.282 e. The van der Waals surface area contributed by atoms with Gasteiger partial charge >= 0.3 is 0 Å². The van der Waals surface area contributed by atoms with E-state index < -0.39 is 0 Å². The van der Waals surface area contributed by atoms with E-state index in [-0.39, 0.29) is 0 Å². The highest BCUT2D eigenvalue weighted by Crippen LogP contribution is 2.46. The van der Waals surface area contributed by atoms with E-state index >= 15 is 0 Å². The fraction of sp³-hybridized carbons (Fsp3) is 0.0426. The lowest BCUT2D eigenvalue weighted by Crippen LogP contribution is -2.12. The van der Waals surface area contributed by atoms with Crippen molar-refractivity contribution in [1.29, 1.82) is 0 Å². The van der Waals surface area contributed by atoms with Crippen molar-refractivity contribution in [3.05, 3.63) is 169 Å². The Morgan fingerprint density at radius 1 is 0.462 bits per heavy atom. The van der Waals surface area contributed by atoms with Crippen molar-refractivity contribution in [3.63, 3.8) is 0 Å². The second-order valence-corrected chi connectivity index (χ2v) is 14.6. The highest BCUT2D eigenvalue weighted by Gasteiger charge is 2.27. The van der Waals surface area contributed by atoms with Crippen LogP contribution in [-0.4, -0.2) is 19.5 Å². The lowest BCUT2D eigenvalue weighted by atomic mass is 9.87. The molecule has 0 saturated carbocycles. The summed E-state index contributed by atoms with van der Waals surface area (Å²) < 4.78 is 4.94. The number of fused-ring (bicyclic) bond motifs is 10. The lowest BCUT2D eigenvalue weighted by Gasteiger charge is -2.19. The summed E-state index contributed by atoms with van der Waals surface area (Å²) >= 11 is 1.88. The molecule has 244 valence electrons. The summed E-state index contributed by atoms with van der Waals surface area (Å²) in [4.78, 5) is 15.4. The maximum atomic E-state index is 5.20. The Balaban J connectivity index is 1.20. The Kier molecular flexibility index (Phi) is 6.51. The Morgan fingerprint density at radius 3 is 1.88 bits per heavy atom. The summed E-state index contributed by atoms with van der Waals surface area (Å²) in [7, 11) is 0. The number of rotatable bonds is 4. The van der Waals surface area contributed by atoms with Gasteiger partial charge in [0, 0.05) is 47.9 Å². The van der Waals surface area contributed by atoms with Crippen LogP contribution in [0.1, 0.15) is 11.3 Å². The van der Waals surface area contributed by atoms with E-state index in [4.69, 9.17) is 15.0 Å². The normalized spacial score (nSPS) is 12.5. The van der Waals surface area contributed by atoms with Crippen molar-refractivity contribution in [2.24, 2.45) is 0 Å². The number of hydrogen-bond acceptors (Lipinski definition) is 4. The van der Waals surface area contributed by atoms with Crippen LogP contribution in [0, 0.1) is 0 Å². The molecule has 4 nitrogen and oxygen atoms in total. The SMILES string of the molecule is c1ccc(-c2nc(-c3ccccc3)nc(-n3c4c(c5cc(-c6cc7sc8ccccc8c7c7ccccc67)ccc53)-c3ccccc3CC4)n2)cc1. The van der Waals surface area contributed by atoms with Gasteiger partial charge in [-0.15, -0.1) is 11.3 Å². The number of aromatic nitrogens is 4. The smallest absolute Gasteiger partial charge is 0.238 e. The number of aryl methyl sites for hydroxylation is 1. The first kappa shape index (κ1) is 29.3. The summed E-state index contributed by atoms with van der Waals surface area (Å²) in [6.07, 6.45) is 1.85. The lowest BCUT2D eigenvalue weighted by molar-refractivity contribution is 0.826. The molecule has 7 aromatic carbocycles. The van der Waals surface area contributed by atoms with Crippen LogP contribution in [-0.2, 0) is 12.8 Å². The standard InChI is InChI=1S/C47H30N4S/c1-3-14-30(15-4-1)45-48-46(31-16-5-2-6-17-31)50-47(49-45)51-39-25-24-32(27-38(39)43-33-18-8-7-13-29(33)23-26-40(43)51)37-28-42-44(35-20-10-9-19-34(35)37)36-21-11-12-22-41(36)52-42/h1-22,24-25,27-28H,23,26H2. The molecule has 0 radical (unpaired) electrons. The Labute approximate surface area is 304 Å². The molecule has 0 bridgehead atoms. The van der Waals surface area contributed by atoms with Gasteiger partial charge in [0.15, 0.2) is 11.6 Å². The second-order valence-electron chi connectivity index (χ2n) is 13.5. The minimum absolute atomic E-state index is 0.642. The minimum atomic E-state index is 0.642. The number of benzene rings is 7. The summed E-state index contributed by atoms with van der Waals surface area (Å²) in [5.41, 5.74) is 10.7. The molecule has 0 fully saturated rings. The molecule has 0 atom stereocenters. The van der Waals surface area contributed by atoms with E-state index in [1.807, 2.05) is 47.7 Å². The Morgan fingerprint density at radius 2 is 1.12 bits per heavy atom. The first-order valence-corrected chi connectivity index (χ1v) is 18.6. The van der Waals surface area contributed by atoms with Crippen molar-refractivity contribution in [3.8, 4) is 51.0 Å². The molecule has 10 aromatic rings. The van der Waals surface area contributed by atoms with Gasteiger partial charge in [0.05, 0.1) is 5.52 Å². The highest BCUT2D eigenvalue weighted by molar-refractivity contribution is 7.26. The van der Waals surface area contributed by atoms with Crippen molar-refractivity contribution >= 4 is 53.2 Å². The molecular weight excluding hydrogens is 653 g/mol. The molecule has 1 aliphatic carbocycles. The monoisotopic (exact) mass is 682 g/mol. The molecule has 3 heterocycles. The average Bonchev–Trinajstić information content (AvgIpc) is 3.77. The van der Waals surface area contributed by atoms with Crippen LogP contribution in [0.5, 0.6) is 0 Å². The van der Waals surface area contributed by atoms with Crippen LogP contribution < -0.4 is 0 Å². The third kappa shape index (κ3) is 4.49. The van der Waals surface area contributed by atoms with Crippen LogP contribution in [0.3, 0.4) is 0 Å². The van der Waals surface area contributed by atoms with Crippen LogP contribution >= 0.6 is 11.3 Å². The number of nitrogens with zero attached hydrogens (tertiary/aromatic N) is 4. The van der Waals surface area contributed by atoms with Crippen molar-refractivity contribution < 1.29 is 0 Å². The molecule has 0 amide bonds. The molecule has 52 heavy (non-hydrogen) atoms. The molecule has 0 N–H and O–H groups in total. The summed E-state index contributed by atoms with van der Waals surface area (Å²) in [6, 6.07) is 56.4. The quantitative estimate of drug-likeness (QED) is 0.186. The highest BCUT2D eigenvalue weighted by atomic mass is 32.1. The molecule has 0 aliphatic heterocycles. The topological polar surface area (TPSA) is 43.6 Å². The van der Waals surface area contributed by atoms with Crippen molar-refractivity contribution in [1.82, 2.24) is 19.5 Å². The molecule has 3 aromatic heterocycles. The molecule has 0 spiro atoms.